The Bertz CT molecular complexity index is 464. The van der Waals surface area contributed by atoms with Crippen LogP contribution in [0.25, 0.3) is 0 Å². The second kappa shape index (κ2) is 5.68. The molecule has 0 spiro atoms. The largest absolute Gasteiger partial charge is 0.369 e. The second-order valence-electron chi connectivity index (χ2n) is 6.82. The van der Waals surface area contributed by atoms with Crippen LogP contribution in [0.1, 0.15) is 43.9 Å². The van der Waals surface area contributed by atoms with Crippen molar-refractivity contribution >= 4 is 5.82 Å². The van der Waals surface area contributed by atoms with Crippen molar-refractivity contribution in [3.8, 4) is 0 Å². The van der Waals surface area contributed by atoms with Gasteiger partial charge in [0.2, 0.25) is 0 Å². The van der Waals surface area contributed by atoms with Gasteiger partial charge >= 0.3 is 0 Å². The highest BCUT2D eigenvalue weighted by Crippen LogP contribution is 2.31. The number of nitrogens with one attached hydrogen (secondary N) is 1. The average molecular weight is 274 g/mol. The van der Waals surface area contributed by atoms with Crippen molar-refractivity contribution in [1.82, 2.24) is 14.9 Å². The van der Waals surface area contributed by atoms with Crippen molar-refractivity contribution in [1.29, 1.82) is 0 Å². The summed E-state index contributed by atoms with van der Waals surface area (Å²) in [4.78, 5) is 11.4. The highest BCUT2D eigenvalue weighted by atomic mass is 15.1. The van der Waals surface area contributed by atoms with E-state index in [4.69, 9.17) is 0 Å². The molecule has 110 valence electrons. The Morgan fingerprint density at radius 3 is 2.75 bits per heavy atom. The summed E-state index contributed by atoms with van der Waals surface area (Å²) in [5.41, 5.74) is 3.04. The molecule has 0 saturated carbocycles. The van der Waals surface area contributed by atoms with Crippen LogP contribution in [0.5, 0.6) is 0 Å². The molecule has 1 aliphatic heterocycles. The van der Waals surface area contributed by atoms with Crippen LogP contribution in [0.4, 0.5) is 5.82 Å². The van der Waals surface area contributed by atoms with Gasteiger partial charge in [-0.15, -0.1) is 0 Å². The number of piperidine rings is 1. The van der Waals surface area contributed by atoms with Crippen molar-refractivity contribution in [3.05, 3.63) is 17.6 Å². The summed E-state index contributed by atoms with van der Waals surface area (Å²) >= 11 is 0. The summed E-state index contributed by atoms with van der Waals surface area (Å²) in [5, 5.41) is 3.63. The summed E-state index contributed by atoms with van der Waals surface area (Å²) in [6.07, 6.45) is 9.06. The minimum absolute atomic E-state index is 0.402. The summed E-state index contributed by atoms with van der Waals surface area (Å²) in [6.45, 7) is 5.85. The number of likely N-dealkylation sites (tertiary alicyclic amines) is 1. The maximum Gasteiger partial charge on any atom is 0.132 e. The molecule has 1 aromatic rings. The first-order valence-electron chi connectivity index (χ1n) is 7.91. The van der Waals surface area contributed by atoms with Crippen molar-refractivity contribution in [2.45, 2.75) is 45.4 Å². The smallest absolute Gasteiger partial charge is 0.132 e. The van der Waals surface area contributed by atoms with Crippen LogP contribution >= 0.6 is 0 Å². The molecule has 20 heavy (non-hydrogen) atoms. The van der Waals surface area contributed by atoms with Gasteiger partial charge in [0.15, 0.2) is 0 Å². The molecule has 1 aliphatic carbocycles. The third kappa shape index (κ3) is 2.95. The fourth-order valence-electron chi connectivity index (χ4n) is 3.31. The lowest BCUT2D eigenvalue weighted by Crippen LogP contribution is -2.40. The molecular weight excluding hydrogens is 248 g/mol. The third-order valence-electron chi connectivity index (χ3n) is 5.00. The van der Waals surface area contributed by atoms with E-state index in [1.165, 1.54) is 50.0 Å². The Kier molecular flexibility index (Phi) is 3.92. The molecular formula is C16H26N4. The molecule has 0 amide bonds. The summed E-state index contributed by atoms with van der Waals surface area (Å²) in [5.74, 6) is 1.09. The first-order valence-corrected chi connectivity index (χ1v) is 7.91. The standard InChI is InChI=1S/C16H26N4/c1-16(7-9-20(2)10-8-16)11-17-15-13-5-3-4-6-14(13)18-12-19-15/h12H,3-11H2,1-2H3,(H,17,18,19). The molecule has 1 fully saturated rings. The number of aromatic nitrogens is 2. The molecule has 1 N–H and O–H groups in total. The maximum absolute atomic E-state index is 4.49. The predicted molar refractivity (Wildman–Crippen MR) is 82.0 cm³/mol. The Morgan fingerprint density at radius 1 is 1.20 bits per heavy atom. The van der Waals surface area contributed by atoms with E-state index in [1.54, 1.807) is 6.33 Å². The average Bonchev–Trinajstić information content (AvgIpc) is 2.49. The lowest BCUT2D eigenvalue weighted by Gasteiger charge is -2.38. The van der Waals surface area contributed by atoms with E-state index in [-0.39, 0.29) is 0 Å². The summed E-state index contributed by atoms with van der Waals surface area (Å²) in [7, 11) is 2.22. The predicted octanol–water partition coefficient (Wildman–Crippen LogP) is 2.50. The zero-order valence-corrected chi connectivity index (χ0v) is 12.8. The number of anilines is 1. The van der Waals surface area contributed by atoms with Crippen molar-refractivity contribution in [3.63, 3.8) is 0 Å². The zero-order valence-electron chi connectivity index (χ0n) is 12.8. The molecule has 3 rings (SSSR count). The lowest BCUT2D eigenvalue weighted by molar-refractivity contribution is 0.150. The molecule has 0 atom stereocenters. The molecule has 0 unspecified atom stereocenters. The van der Waals surface area contributed by atoms with Crippen molar-refractivity contribution in [2.24, 2.45) is 5.41 Å². The Hall–Kier alpha value is -1.16. The minimum Gasteiger partial charge on any atom is -0.369 e. The van der Waals surface area contributed by atoms with Gasteiger partial charge in [-0.1, -0.05) is 6.92 Å². The highest BCUT2D eigenvalue weighted by molar-refractivity contribution is 5.47. The maximum atomic E-state index is 4.49. The van der Waals surface area contributed by atoms with Gasteiger partial charge in [0.25, 0.3) is 0 Å². The third-order valence-corrected chi connectivity index (χ3v) is 5.00. The van der Waals surface area contributed by atoms with E-state index in [9.17, 15) is 0 Å². The molecule has 0 radical (unpaired) electrons. The van der Waals surface area contributed by atoms with Crippen LogP contribution in [0, 0.1) is 5.41 Å². The lowest BCUT2D eigenvalue weighted by atomic mass is 9.80. The number of fused-ring (bicyclic) bond motifs is 1. The van der Waals surface area contributed by atoms with Gasteiger partial charge in [0, 0.05) is 17.8 Å². The molecule has 0 aromatic carbocycles. The van der Waals surface area contributed by atoms with E-state index in [0.717, 1.165) is 25.2 Å². The van der Waals surface area contributed by atoms with Crippen molar-refractivity contribution < 1.29 is 0 Å². The highest BCUT2D eigenvalue weighted by Gasteiger charge is 2.29. The first kappa shape index (κ1) is 13.8. The van der Waals surface area contributed by atoms with Gasteiger partial charge in [-0.05, 0) is 64.1 Å². The van der Waals surface area contributed by atoms with Gasteiger partial charge in [-0.2, -0.15) is 0 Å². The SMILES string of the molecule is CN1CCC(C)(CNc2ncnc3c2CCCC3)CC1. The van der Waals surface area contributed by atoms with Crippen molar-refractivity contribution in [2.75, 3.05) is 32.0 Å². The van der Waals surface area contributed by atoms with Gasteiger partial charge in [0.05, 0.1) is 0 Å². The van der Waals surface area contributed by atoms with Gasteiger partial charge in [0.1, 0.15) is 12.1 Å². The summed E-state index contributed by atoms with van der Waals surface area (Å²) < 4.78 is 0. The van der Waals surface area contributed by atoms with Gasteiger partial charge < -0.3 is 10.2 Å². The second-order valence-corrected chi connectivity index (χ2v) is 6.82. The van der Waals surface area contributed by atoms with Crippen LogP contribution in [-0.2, 0) is 12.8 Å². The van der Waals surface area contributed by atoms with Crippen LogP contribution in [-0.4, -0.2) is 41.5 Å². The van der Waals surface area contributed by atoms with Crippen LogP contribution in [0.2, 0.25) is 0 Å². The summed E-state index contributed by atoms with van der Waals surface area (Å²) in [6, 6.07) is 0. The molecule has 4 nitrogen and oxygen atoms in total. The number of aryl methyl sites for hydroxylation is 1. The zero-order chi connectivity index (χ0) is 14.0. The molecule has 1 saturated heterocycles. The number of rotatable bonds is 3. The van der Waals surface area contributed by atoms with Crippen LogP contribution < -0.4 is 5.32 Å². The van der Waals surface area contributed by atoms with E-state index in [2.05, 4.69) is 34.2 Å². The topological polar surface area (TPSA) is 41.0 Å². The monoisotopic (exact) mass is 274 g/mol. The Balaban J connectivity index is 1.66. The van der Waals surface area contributed by atoms with Gasteiger partial charge in [-0.25, -0.2) is 9.97 Å². The Labute approximate surface area is 122 Å². The van der Waals surface area contributed by atoms with E-state index >= 15 is 0 Å². The molecule has 2 heterocycles. The number of hydrogen-bond donors (Lipinski definition) is 1. The van der Waals surface area contributed by atoms with E-state index in [0.29, 0.717) is 5.41 Å². The Morgan fingerprint density at radius 2 is 1.95 bits per heavy atom. The quantitative estimate of drug-likeness (QED) is 0.919. The minimum atomic E-state index is 0.402. The van der Waals surface area contributed by atoms with Crippen LogP contribution in [0.15, 0.2) is 6.33 Å². The van der Waals surface area contributed by atoms with Gasteiger partial charge in [-0.3, -0.25) is 0 Å². The number of nitrogens with zero attached hydrogens (tertiary/aromatic N) is 3. The molecule has 4 heteroatoms. The molecule has 0 bridgehead atoms. The van der Waals surface area contributed by atoms with E-state index < -0.39 is 0 Å². The van der Waals surface area contributed by atoms with E-state index in [1.807, 2.05) is 0 Å². The molecule has 1 aromatic heterocycles. The molecule has 2 aliphatic rings. The fourth-order valence-corrected chi connectivity index (χ4v) is 3.31. The normalized spacial score (nSPS) is 22.3. The van der Waals surface area contributed by atoms with Crippen LogP contribution in [0.3, 0.4) is 0 Å². The number of hydrogen-bond acceptors (Lipinski definition) is 4. The fraction of sp³-hybridized carbons (Fsp3) is 0.750. The first-order chi connectivity index (χ1) is 9.66.